The molecule has 0 aliphatic carbocycles. The molecule has 1 aliphatic rings. The maximum Gasteiger partial charge on any atom is 0.316 e. The molecule has 4 rings (SSSR count). The van der Waals surface area contributed by atoms with Gasteiger partial charge >= 0.3 is 6.01 Å². The number of piperidine rings is 1. The van der Waals surface area contributed by atoms with Crippen LogP contribution in [-0.2, 0) is 0 Å². The molecule has 2 unspecified atom stereocenters. The Hall–Kier alpha value is -3.07. The molecule has 0 N–H and O–H groups in total. The lowest BCUT2D eigenvalue weighted by molar-refractivity contribution is 0.0377. The number of likely N-dealkylation sites (tertiary alicyclic amines) is 1. The molecule has 168 valence electrons. The molecule has 32 heavy (non-hydrogen) atoms. The van der Waals surface area contributed by atoms with Crippen LogP contribution < -0.4 is 9.47 Å². The third kappa shape index (κ3) is 4.72. The van der Waals surface area contributed by atoms with Crippen LogP contribution in [0.15, 0.2) is 36.7 Å². The van der Waals surface area contributed by atoms with Gasteiger partial charge in [-0.3, -0.25) is 4.79 Å². The van der Waals surface area contributed by atoms with Crippen molar-refractivity contribution in [3.8, 4) is 22.2 Å². The monoisotopic (exact) mass is 456 g/mol. The van der Waals surface area contributed by atoms with Crippen molar-refractivity contribution >= 4 is 17.2 Å². The summed E-state index contributed by atoms with van der Waals surface area (Å²) in [4.78, 5) is 29.0. The number of methoxy groups -OCH3 is 1. The maximum atomic E-state index is 13.6. The first kappa shape index (κ1) is 22.1. The van der Waals surface area contributed by atoms with Crippen molar-refractivity contribution in [1.82, 2.24) is 19.9 Å². The molecule has 1 aliphatic heterocycles. The van der Waals surface area contributed by atoms with Gasteiger partial charge in [0.25, 0.3) is 5.91 Å². The Balaban J connectivity index is 1.56. The lowest BCUT2D eigenvalue weighted by Gasteiger charge is -2.39. The topological polar surface area (TPSA) is 77.4 Å². The third-order valence-corrected chi connectivity index (χ3v) is 6.66. The number of halogens is 1. The normalized spacial score (nSPS) is 18.4. The highest BCUT2D eigenvalue weighted by Crippen LogP contribution is 2.33. The fraction of sp³-hybridized carbons (Fsp3) is 0.391. The summed E-state index contributed by atoms with van der Waals surface area (Å²) in [5.41, 5.74) is 1.18. The first-order chi connectivity index (χ1) is 15.5. The Morgan fingerprint density at radius 2 is 1.97 bits per heavy atom. The average molecular weight is 457 g/mol. The molecule has 9 heteroatoms. The van der Waals surface area contributed by atoms with Gasteiger partial charge in [-0.2, -0.15) is 9.97 Å². The number of thiazole rings is 1. The number of carbonyl (C=O) groups excluding carboxylic acids is 1. The highest BCUT2D eigenvalue weighted by atomic mass is 32.1. The quantitative estimate of drug-likeness (QED) is 0.548. The number of benzene rings is 1. The van der Waals surface area contributed by atoms with E-state index in [0.29, 0.717) is 18.0 Å². The number of carbonyl (C=O) groups is 1. The summed E-state index contributed by atoms with van der Waals surface area (Å²) in [6.07, 6.45) is 5.00. The van der Waals surface area contributed by atoms with Crippen LogP contribution in [0.4, 0.5) is 4.39 Å². The lowest BCUT2D eigenvalue weighted by Crippen LogP contribution is -2.50. The van der Waals surface area contributed by atoms with Crippen molar-refractivity contribution in [3.63, 3.8) is 0 Å². The number of hydrogen-bond donors (Lipinski definition) is 0. The van der Waals surface area contributed by atoms with Crippen molar-refractivity contribution in [1.29, 1.82) is 0 Å². The molecule has 3 heterocycles. The molecule has 0 radical (unpaired) electrons. The van der Waals surface area contributed by atoms with E-state index in [1.165, 1.54) is 23.5 Å². The summed E-state index contributed by atoms with van der Waals surface area (Å²) >= 11 is 1.44. The van der Waals surface area contributed by atoms with Gasteiger partial charge in [0, 0.05) is 6.54 Å². The number of ether oxygens (including phenoxy) is 2. The number of aromatic nitrogens is 3. The molecular weight excluding hydrogens is 431 g/mol. The van der Waals surface area contributed by atoms with E-state index in [2.05, 4.69) is 21.9 Å². The van der Waals surface area contributed by atoms with E-state index in [-0.39, 0.29) is 36.3 Å². The van der Waals surface area contributed by atoms with Gasteiger partial charge in [0.05, 0.1) is 35.4 Å². The summed E-state index contributed by atoms with van der Waals surface area (Å²) < 4.78 is 24.3. The third-order valence-electron chi connectivity index (χ3n) is 5.64. The zero-order valence-electron chi connectivity index (χ0n) is 18.2. The molecule has 1 aromatic carbocycles. The van der Waals surface area contributed by atoms with Gasteiger partial charge in [0.2, 0.25) is 0 Å². The zero-order valence-corrected chi connectivity index (χ0v) is 19.1. The molecule has 2 atom stereocenters. The van der Waals surface area contributed by atoms with E-state index >= 15 is 0 Å². The Morgan fingerprint density at radius 1 is 1.25 bits per heavy atom. The largest absolute Gasteiger partial charge is 0.494 e. The molecule has 1 amide bonds. The second-order valence-corrected chi connectivity index (χ2v) is 9.02. The second-order valence-electron chi connectivity index (χ2n) is 7.82. The Bertz CT molecular complexity index is 1070. The van der Waals surface area contributed by atoms with Crippen LogP contribution >= 0.6 is 11.3 Å². The fourth-order valence-electron chi connectivity index (χ4n) is 3.90. The molecule has 1 saturated heterocycles. The van der Waals surface area contributed by atoms with Crippen molar-refractivity contribution in [3.05, 3.63) is 53.2 Å². The summed E-state index contributed by atoms with van der Waals surface area (Å²) in [6.45, 7) is 4.90. The number of nitrogens with zero attached hydrogens (tertiary/aromatic N) is 4. The van der Waals surface area contributed by atoms with Crippen molar-refractivity contribution in [2.24, 2.45) is 5.92 Å². The number of amides is 1. The van der Waals surface area contributed by atoms with E-state index in [1.807, 2.05) is 11.8 Å². The van der Waals surface area contributed by atoms with Crippen molar-refractivity contribution in [2.75, 3.05) is 20.3 Å². The van der Waals surface area contributed by atoms with Gasteiger partial charge in [-0.05, 0) is 43.4 Å². The van der Waals surface area contributed by atoms with E-state index in [9.17, 15) is 9.18 Å². The number of aryl methyl sites for hydroxylation is 1. The summed E-state index contributed by atoms with van der Waals surface area (Å²) in [7, 11) is 1.55. The molecule has 0 spiro atoms. The lowest BCUT2D eigenvalue weighted by atomic mass is 9.91. The van der Waals surface area contributed by atoms with Gasteiger partial charge in [0.1, 0.15) is 18.1 Å². The smallest absolute Gasteiger partial charge is 0.316 e. The number of hydrogen-bond acceptors (Lipinski definition) is 7. The molecular formula is C23H25FN4O3S. The molecule has 3 aromatic rings. The SMILES string of the molecule is COc1cnc(OCC2C(C)CCCN2C(=O)c2nc(C)sc2-c2ccc(F)cc2)nc1. The highest BCUT2D eigenvalue weighted by Gasteiger charge is 2.35. The van der Waals surface area contributed by atoms with Crippen LogP contribution in [0.2, 0.25) is 0 Å². The van der Waals surface area contributed by atoms with Crippen molar-refractivity contribution in [2.45, 2.75) is 32.7 Å². The minimum atomic E-state index is -0.314. The van der Waals surface area contributed by atoms with Crippen molar-refractivity contribution < 1.29 is 18.7 Å². The minimum absolute atomic E-state index is 0.134. The van der Waals surface area contributed by atoms with Crippen LogP contribution in [0.5, 0.6) is 11.8 Å². The predicted octanol–water partition coefficient (Wildman–Crippen LogP) is 4.38. The Morgan fingerprint density at radius 3 is 2.66 bits per heavy atom. The average Bonchev–Trinajstić information content (AvgIpc) is 3.20. The fourth-order valence-corrected chi connectivity index (χ4v) is 4.82. The van der Waals surface area contributed by atoms with E-state index in [4.69, 9.17) is 9.47 Å². The highest BCUT2D eigenvalue weighted by molar-refractivity contribution is 7.15. The summed E-state index contributed by atoms with van der Waals surface area (Å²) in [5, 5.41) is 0.789. The molecule has 2 aromatic heterocycles. The zero-order chi connectivity index (χ0) is 22.7. The van der Waals surface area contributed by atoms with Gasteiger partial charge in [-0.25, -0.2) is 9.37 Å². The summed E-state index contributed by atoms with van der Waals surface area (Å²) in [6, 6.07) is 6.26. The molecule has 7 nitrogen and oxygen atoms in total. The van der Waals surface area contributed by atoms with Crippen LogP contribution in [-0.4, -0.2) is 52.1 Å². The van der Waals surface area contributed by atoms with Gasteiger partial charge in [-0.15, -0.1) is 11.3 Å². The number of rotatable bonds is 6. The molecule has 1 fully saturated rings. The van der Waals surface area contributed by atoms with E-state index in [0.717, 1.165) is 28.3 Å². The van der Waals surface area contributed by atoms with E-state index < -0.39 is 0 Å². The van der Waals surface area contributed by atoms with Crippen LogP contribution in [0.3, 0.4) is 0 Å². The maximum absolute atomic E-state index is 13.6. The first-order valence-corrected chi connectivity index (χ1v) is 11.3. The summed E-state index contributed by atoms with van der Waals surface area (Å²) in [5.74, 6) is 0.350. The Labute approximate surface area is 190 Å². The minimum Gasteiger partial charge on any atom is -0.494 e. The second kappa shape index (κ2) is 9.60. The Kier molecular flexibility index (Phi) is 6.64. The van der Waals surface area contributed by atoms with Gasteiger partial charge in [0.15, 0.2) is 5.75 Å². The van der Waals surface area contributed by atoms with Crippen LogP contribution in [0.1, 0.15) is 35.3 Å². The van der Waals surface area contributed by atoms with E-state index in [1.54, 1.807) is 31.6 Å². The van der Waals surface area contributed by atoms with Gasteiger partial charge in [-0.1, -0.05) is 19.1 Å². The first-order valence-electron chi connectivity index (χ1n) is 10.5. The van der Waals surface area contributed by atoms with Crippen LogP contribution in [0, 0.1) is 18.7 Å². The standard InChI is InChI=1S/C23H25FN4O3S/c1-14-5-4-10-28(19(14)13-31-23-25-11-18(30-3)12-26-23)22(29)20-21(32-15(2)27-20)16-6-8-17(24)9-7-16/h6-9,11-12,14,19H,4-5,10,13H2,1-3H3. The molecule has 0 bridgehead atoms. The predicted molar refractivity (Wildman–Crippen MR) is 120 cm³/mol. The van der Waals surface area contributed by atoms with Gasteiger partial charge < -0.3 is 14.4 Å². The molecule has 0 saturated carbocycles. The van der Waals surface area contributed by atoms with Crippen LogP contribution in [0.25, 0.3) is 10.4 Å².